The number of hydrogen-bond acceptors (Lipinski definition) is 5. The molecule has 0 spiro atoms. The molecule has 0 radical (unpaired) electrons. The average Bonchev–Trinajstić information content (AvgIpc) is 2.81. The molecule has 1 aromatic carbocycles. The number of rotatable bonds is 4. The number of aliphatic hydroxyl groups is 1. The van der Waals surface area contributed by atoms with Gasteiger partial charge >= 0.3 is 6.18 Å². The first kappa shape index (κ1) is 15.6. The Morgan fingerprint density at radius 2 is 2.05 bits per heavy atom. The fourth-order valence-corrected chi connectivity index (χ4v) is 1.94. The van der Waals surface area contributed by atoms with E-state index in [1.165, 1.54) is 0 Å². The summed E-state index contributed by atoms with van der Waals surface area (Å²) in [5, 5.41) is 13.5. The number of alkyl halides is 3. The lowest BCUT2D eigenvalue weighted by Gasteiger charge is -2.27. The molecule has 0 aromatic heterocycles. The van der Waals surface area contributed by atoms with E-state index in [-0.39, 0.29) is 5.84 Å². The van der Waals surface area contributed by atoms with E-state index in [4.69, 9.17) is 11.6 Å². The SMILES string of the molecule is O=CC1NN=C(c2ccc(Cl)cc2)N1C[C@H](O)C(F)(F)F. The van der Waals surface area contributed by atoms with E-state index in [0.717, 1.165) is 4.90 Å². The van der Waals surface area contributed by atoms with E-state index in [9.17, 15) is 23.1 Å². The minimum absolute atomic E-state index is 0.132. The third kappa shape index (κ3) is 3.45. The van der Waals surface area contributed by atoms with Crippen molar-refractivity contribution in [2.45, 2.75) is 18.4 Å². The van der Waals surface area contributed by atoms with Crippen LogP contribution in [-0.2, 0) is 4.79 Å². The highest BCUT2D eigenvalue weighted by Crippen LogP contribution is 2.23. The van der Waals surface area contributed by atoms with Crippen molar-refractivity contribution in [3.05, 3.63) is 34.9 Å². The van der Waals surface area contributed by atoms with Crippen LogP contribution < -0.4 is 5.43 Å². The Labute approximate surface area is 123 Å². The Bertz CT molecular complexity index is 548. The summed E-state index contributed by atoms with van der Waals surface area (Å²) in [6.07, 6.45) is -8.01. The van der Waals surface area contributed by atoms with E-state index in [0.29, 0.717) is 16.9 Å². The normalized spacial score (nSPS) is 20.0. The molecule has 0 bridgehead atoms. The van der Waals surface area contributed by atoms with Crippen molar-refractivity contribution in [1.82, 2.24) is 10.3 Å². The molecule has 1 aliphatic heterocycles. The number of aliphatic hydroxyl groups excluding tert-OH is 1. The molecule has 1 unspecified atom stereocenters. The number of carbonyl (C=O) groups is 1. The van der Waals surface area contributed by atoms with E-state index < -0.39 is 25.0 Å². The Morgan fingerprint density at radius 1 is 1.43 bits per heavy atom. The monoisotopic (exact) mass is 321 g/mol. The lowest BCUT2D eigenvalue weighted by atomic mass is 10.1. The standard InChI is InChI=1S/C12H11ClF3N3O2/c13-8-3-1-7(2-4-8)11-18-17-10(6-20)19(11)5-9(21)12(14,15)16/h1-4,6,9-10,17,21H,5H2/t9-,10?/m0/s1. The van der Waals surface area contributed by atoms with Gasteiger partial charge in [-0.2, -0.15) is 18.3 Å². The first-order chi connectivity index (χ1) is 9.82. The molecule has 1 aliphatic rings. The molecule has 0 fully saturated rings. The van der Waals surface area contributed by atoms with Crippen molar-refractivity contribution in [1.29, 1.82) is 0 Å². The van der Waals surface area contributed by atoms with Crippen molar-refractivity contribution in [2.24, 2.45) is 5.10 Å². The largest absolute Gasteiger partial charge is 0.416 e. The van der Waals surface area contributed by atoms with Gasteiger partial charge in [-0.3, -0.25) is 10.2 Å². The number of nitrogens with zero attached hydrogens (tertiary/aromatic N) is 2. The van der Waals surface area contributed by atoms with Crippen LogP contribution in [0.2, 0.25) is 5.02 Å². The van der Waals surface area contributed by atoms with Gasteiger partial charge in [0, 0.05) is 10.6 Å². The van der Waals surface area contributed by atoms with Crippen LogP contribution >= 0.6 is 11.6 Å². The maximum atomic E-state index is 12.5. The third-order valence-corrected chi connectivity index (χ3v) is 3.14. The van der Waals surface area contributed by atoms with Crippen LogP contribution in [0.15, 0.2) is 29.4 Å². The molecule has 21 heavy (non-hydrogen) atoms. The molecule has 9 heteroatoms. The lowest BCUT2D eigenvalue weighted by Crippen LogP contribution is -2.49. The van der Waals surface area contributed by atoms with Crippen molar-refractivity contribution in [3.8, 4) is 0 Å². The maximum absolute atomic E-state index is 12.5. The van der Waals surface area contributed by atoms with Crippen LogP contribution in [-0.4, -0.2) is 47.1 Å². The van der Waals surface area contributed by atoms with E-state index in [2.05, 4.69) is 10.5 Å². The fourth-order valence-electron chi connectivity index (χ4n) is 1.82. The summed E-state index contributed by atoms with van der Waals surface area (Å²) in [5.74, 6) is 0.132. The number of hydrazone groups is 1. The minimum atomic E-state index is -4.78. The number of benzene rings is 1. The van der Waals surface area contributed by atoms with Gasteiger partial charge in [-0.25, -0.2) is 0 Å². The molecule has 2 rings (SSSR count). The summed E-state index contributed by atoms with van der Waals surface area (Å²) in [6.45, 7) is -0.804. The highest BCUT2D eigenvalue weighted by Gasteiger charge is 2.42. The van der Waals surface area contributed by atoms with E-state index >= 15 is 0 Å². The zero-order chi connectivity index (χ0) is 15.6. The second-order valence-electron chi connectivity index (χ2n) is 4.36. The van der Waals surface area contributed by atoms with E-state index in [1.54, 1.807) is 24.3 Å². The Kier molecular flexibility index (Phi) is 4.38. The van der Waals surface area contributed by atoms with Crippen LogP contribution in [0.4, 0.5) is 13.2 Å². The molecule has 5 nitrogen and oxygen atoms in total. The first-order valence-corrected chi connectivity index (χ1v) is 6.26. The molecular formula is C12H11ClF3N3O2. The topological polar surface area (TPSA) is 64.9 Å². The number of halogens is 4. The molecular weight excluding hydrogens is 311 g/mol. The minimum Gasteiger partial charge on any atom is -0.382 e. The zero-order valence-corrected chi connectivity index (χ0v) is 11.3. The molecule has 2 atom stereocenters. The van der Waals surface area contributed by atoms with Gasteiger partial charge in [0.25, 0.3) is 0 Å². The quantitative estimate of drug-likeness (QED) is 0.822. The maximum Gasteiger partial charge on any atom is 0.416 e. The second-order valence-corrected chi connectivity index (χ2v) is 4.80. The van der Waals surface area contributed by atoms with Crippen LogP contribution in [0.25, 0.3) is 0 Å². The summed E-state index contributed by atoms with van der Waals surface area (Å²) in [6, 6.07) is 6.21. The molecule has 1 aromatic rings. The number of β-amino-alcohol motifs (C(OH)–C–C–N with tert-alkyl or cyclic N) is 1. The summed E-state index contributed by atoms with van der Waals surface area (Å²) in [4.78, 5) is 12.0. The average molecular weight is 322 g/mol. The molecule has 1 heterocycles. The van der Waals surface area contributed by atoms with Gasteiger partial charge in [-0.15, -0.1) is 0 Å². The summed E-state index contributed by atoms with van der Waals surface area (Å²) in [5.41, 5.74) is 2.89. The molecule has 2 N–H and O–H groups in total. The highest BCUT2D eigenvalue weighted by molar-refractivity contribution is 6.30. The third-order valence-electron chi connectivity index (χ3n) is 2.89. The Balaban J connectivity index is 2.24. The molecule has 0 aliphatic carbocycles. The summed E-state index contributed by atoms with van der Waals surface area (Å²) < 4.78 is 37.4. The van der Waals surface area contributed by atoms with Crippen molar-refractivity contribution >= 4 is 23.7 Å². The Hall–Kier alpha value is -1.80. The molecule has 0 amide bonds. The molecule has 0 saturated carbocycles. The second kappa shape index (κ2) is 5.90. The summed E-state index contributed by atoms with van der Waals surface area (Å²) >= 11 is 5.74. The van der Waals surface area contributed by atoms with Crippen LogP contribution in [0, 0.1) is 0 Å². The van der Waals surface area contributed by atoms with Gasteiger partial charge < -0.3 is 10.0 Å². The predicted octanol–water partition coefficient (Wildman–Crippen LogP) is 1.35. The molecule has 0 saturated heterocycles. The summed E-state index contributed by atoms with van der Waals surface area (Å²) in [7, 11) is 0. The number of hydrogen-bond donors (Lipinski definition) is 2. The van der Waals surface area contributed by atoms with E-state index in [1.807, 2.05) is 0 Å². The molecule has 114 valence electrons. The van der Waals surface area contributed by atoms with Gasteiger partial charge in [0.15, 0.2) is 24.4 Å². The van der Waals surface area contributed by atoms with Gasteiger partial charge in [-0.1, -0.05) is 11.6 Å². The van der Waals surface area contributed by atoms with Gasteiger partial charge in [0.1, 0.15) is 0 Å². The highest BCUT2D eigenvalue weighted by atomic mass is 35.5. The van der Waals surface area contributed by atoms with Crippen molar-refractivity contribution < 1.29 is 23.1 Å². The van der Waals surface area contributed by atoms with Crippen LogP contribution in [0.5, 0.6) is 0 Å². The number of amidine groups is 1. The van der Waals surface area contributed by atoms with Gasteiger partial charge in [0.2, 0.25) is 0 Å². The van der Waals surface area contributed by atoms with Gasteiger partial charge in [0.05, 0.1) is 6.54 Å². The number of aldehydes is 1. The predicted molar refractivity (Wildman–Crippen MR) is 69.7 cm³/mol. The number of carbonyl (C=O) groups excluding carboxylic acids is 1. The fraction of sp³-hybridized carbons (Fsp3) is 0.333. The lowest BCUT2D eigenvalue weighted by molar-refractivity contribution is -0.206. The van der Waals surface area contributed by atoms with Crippen LogP contribution in [0.1, 0.15) is 5.56 Å². The van der Waals surface area contributed by atoms with Gasteiger partial charge in [-0.05, 0) is 24.3 Å². The van der Waals surface area contributed by atoms with Crippen LogP contribution in [0.3, 0.4) is 0 Å². The zero-order valence-electron chi connectivity index (χ0n) is 10.5. The Morgan fingerprint density at radius 3 is 2.57 bits per heavy atom. The smallest absolute Gasteiger partial charge is 0.382 e. The van der Waals surface area contributed by atoms with Crippen molar-refractivity contribution in [2.75, 3.05) is 6.54 Å². The van der Waals surface area contributed by atoms with Crippen molar-refractivity contribution in [3.63, 3.8) is 0 Å². The number of nitrogens with one attached hydrogen (secondary N) is 1. The first-order valence-electron chi connectivity index (χ1n) is 5.89.